The highest BCUT2D eigenvalue weighted by Gasteiger charge is 2.17. The number of rotatable bonds is 4. The van der Waals surface area contributed by atoms with Crippen LogP contribution in [-0.2, 0) is 0 Å². The van der Waals surface area contributed by atoms with Crippen LogP contribution in [0.4, 0.5) is 15.2 Å². The van der Waals surface area contributed by atoms with Gasteiger partial charge in [-0.1, -0.05) is 47.7 Å². The summed E-state index contributed by atoms with van der Waals surface area (Å²) in [5.41, 5.74) is 4.06. The van der Waals surface area contributed by atoms with Crippen molar-refractivity contribution >= 4 is 38.3 Å². The normalized spacial score (nSPS) is 10.9. The van der Waals surface area contributed by atoms with Gasteiger partial charge in [-0.25, -0.2) is 14.2 Å². The predicted octanol–water partition coefficient (Wildman–Crippen LogP) is 5.85. The molecular formula is C21H15FN2O2S. The molecule has 0 bridgehead atoms. The van der Waals surface area contributed by atoms with E-state index in [2.05, 4.69) is 10.3 Å². The zero-order valence-corrected chi connectivity index (χ0v) is 15.2. The Kier molecular flexibility index (Phi) is 4.33. The molecule has 0 amide bonds. The Morgan fingerprint density at radius 2 is 1.89 bits per heavy atom. The number of fused-ring (bicyclic) bond motifs is 1. The Morgan fingerprint density at radius 3 is 2.63 bits per heavy atom. The molecule has 4 aromatic rings. The van der Waals surface area contributed by atoms with E-state index in [1.807, 2.05) is 30.3 Å². The maximum atomic E-state index is 13.5. The van der Waals surface area contributed by atoms with Gasteiger partial charge in [0.1, 0.15) is 5.82 Å². The first-order valence-corrected chi connectivity index (χ1v) is 9.10. The summed E-state index contributed by atoms with van der Waals surface area (Å²) in [7, 11) is 0. The molecule has 0 unspecified atom stereocenters. The first-order valence-electron chi connectivity index (χ1n) is 8.28. The minimum absolute atomic E-state index is 0.226. The van der Waals surface area contributed by atoms with Gasteiger partial charge in [-0.2, -0.15) is 0 Å². The fourth-order valence-corrected chi connectivity index (χ4v) is 3.92. The van der Waals surface area contributed by atoms with Gasteiger partial charge in [-0.15, -0.1) is 0 Å². The highest BCUT2D eigenvalue weighted by atomic mass is 32.1. The summed E-state index contributed by atoms with van der Waals surface area (Å²) in [6.07, 6.45) is 0. The van der Waals surface area contributed by atoms with Gasteiger partial charge in [0.15, 0.2) is 5.13 Å². The maximum absolute atomic E-state index is 13.5. The predicted molar refractivity (Wildman–Crippen MR) is 106 cm³/mol. The van der Waals surface area contributed by atoms with Crippen molar-refractivity contribution in [3.8, 4) is 11.1 Å². The van der Waals surface area contributed by atoms with Crippen molar-refractivity contribution in [2.24, 2.45) is 0 Å². The number of nitrogens with zero attached hydrogens (tertiary/aromatic N) is 1. The molecule has 1 aromatic heterocycles. The van der Waals surface area contributed by atoms with E-state index in [9.17, 15) is 14.3 Å². The van der Waals surface area contributed by atoms with Crippen LogP contribution in [0.1, 0.15) is 15.9 Å². The Bertz CT molecular complexity index is 1160. The highest BCUT2D eigenvalue weighted by Crippen LogP contribution is 2.37. The van der Waals surface area contributed by atoms with Crippen molar-refractivity contribution in [1.29, 1.82) is 0 Å². The summed E-state index contributed by atoms with van der Waals surface area (Å²) in [6.45, 7) is 1.77. The van der Waals surface area contributed by atoms with E-state index >= 15 is 0 Å². The van der Waals surface area contributed by atoms with Crippen molar-refractivity contribution in [2.45, 2.75) is 6.92 Å². The van der Waals surface area contributed by atoms with E-state index in [1.165, 1.54) is 23.5 Å². The SMILES string of the molecule is Cc1c(C(=O)O)ccc(-c2ccccc2)c1Nc1nc2ccc(F)cc2s1. The number of nitrogens with one attached hydrogen (secondary N) is 1. The Morgan fingerprint density at radius 1 is 1.11 bits per heavy atom. The molecule has 0 saturated heterocycles. The Labute approximate surface area is 158 Å². The third-order valence-electron chi connectivity index (χ3n) is 4.36. The molecule has 0 atom stereocenters. The standard InChI is InChI=1S/C21H15FN2O2S/c1-12-15(20(25)26)8-9-16(13-5-3-2-4-6-13)19(12)24-21-23-17-10-7-14(22)11-18(17)27-21/h2-11H,1H3,(H,23,24)(H,25,26). The number of hydrogen-bond donors (Lipinski definition) is 2. The van der Waals surface area contributed by atoms with Crippen molar-refractivity contribution in [2.75, 3.05) is 5.32 Å². The molecule has 1 heterocycles. The molecule has 0 saturated carbocycles. The molecule has 0 aliphatic rings. The zero-order chi connectivity index (χ0) is 19.0. The number of carbonyl (C=O) groups is 1. The molecular weight excluding hydrogens is 363 g/mol. The molecule has 0 aliphatic heterocycles. The summed E-state index contributed by atoms with van der Waals surface area (Å²) in [5, 5.41) is 13.3. The molecule has 6 heteroatoms. The van der Waals surface area contributed by atoms with Gasteiger partial charge in [0.25, 0.3) is 0 Å². The first kappa shape index (κ1) is 17.2. The topological polar surface area (TPSA) is 62.2 Å². The van der Waals surface area contributed by atoms with Crippen molar-refractivity contribution in [3.05, 3.63) is 77.6 Å². The number of aromatic carboxylic acids is 1. The second-order valence-electron chi connectivity index (χ2n) is 6.09. The average molecular weight is 378 g/mol. The van der Waals surface area contributed by atoms with Gasteiger partial charge in [-0.3, -0.25) is 0 Å². The van der Waals surface area contributed by atoms with E-state index in [1.54, 1.807) is 25.1 Å². The molecule has 2 N–H and O–H groups in total. The Balaban J connectivity index is 1.85. The van der Waals surface area contributed by atoms with Crippen LogP contribution in [0.2, 0.25) is 0 Å². The van der Waals surface area contributed by atoms with Crippen LogP contribution < -0.4 is 5.32 Å². The quantitative estimate of drug-likeness (QED) is 0.467. The third-order valence-corrected chi connectivity index (χ3v) is 5.30. The number of aromatic nitrogens is 1. The average Bonchev–Trinajstić information content (AvgIpc) is 3.05. The number of thiazole rings is 1. The third kappa shape index (κ3) is 3.27. The lowest BCUT2D eigenvalue weighted by Gasteiger charge is -2.15. The molecule has 0 radical (unpaired) electrons. The monoisotopic (exact) mass is 378 g/mol. The maximum Gasteiger partial charge on any atom is 0.336 e. The second kappa shape index (κ2) is 6.81. The van der Waals surface area contributed by atoms with Gasteiger partial charge in [-0.05, 0) is 42.3 Å². The smallest absolute Gasteiger partial charge is 0.336 e. The lowest BCUT2D eigenvalue weighted by Crippen LogP contribution is -2.04. The van der Waals surface area contributed by atoms with Gasteiger partial charge < -0.3 is 10.4 Å². The number of anilines is 2. The highest BCUT2D eigenvalue weighted by molar-refractivity contribution is 7.22. The van der Waals surface area contributed by atoms with Gasteiger partial charge in [0.05, 0.1) is 21.5 Å². The van der Waals surface area contributed by atoms with Gasteiger partial charge in [0, 0.05) is 5.56 Å². The van der Waals surface area contributed by atoms with Crippen LogP contribution >= 0.6 is 11.3 Å². The van der Waals surface area contributed by atoms with Crippen molar-refractivity contribution < 1.29 is 14.3 Å². The minimum Gasteiger partial charge on any atom is -0.478 e. The van der Waals surface area contributed by atoms with Gasteiger partial charge >= 0.3 is 5.97 Å². The van der Waals surface area contributed by atoms with Gasteiger partial charge in [0.2, 0.25) is 0 Å². The number of carboxylic acids is 1. The fraction of sp³-hybridized carbons (Fsp3) is 0.0476. The van der Waals surface area contributed by atoms with Crippen LogP contribution in [0, 0.1) is 12.7 Å². The lowest BCUT2D eigenvalue weighted by molar-refractivity contribution is 0.0696. The number of carboxylic acid groups (broad SMARTS) is 1. The summed E-state index contributed by atoms with van der Waals surface area (Å²) in [4.78, 5) is 16.1. The van der Waals surface area contributed by atoms with E-state index in [-0.39, 0.29) is 11.4 Å². The molecule has 0 spiro atoms. The van der Waals surface area contributed by atoms with Crippen LogP contribution in [0.15, 0.2) is 60.7 Å². The Hall–Kier alpha value is -3.25. The molecule has 4 nitrogen and oxygen atoms in total. The summed E-state index contributed by atoms with van der Waals surface area (Å²) in [6, 6.07) is 17.6. The van der Waals surface area contributed by atoms with Crippen LogP contribution in [-0.4, -0.2) is 16.1 Å². The van der Waals surface area contributed by atoms with E-state index in [0.717, 1.165) is 15.8 Å². The molecule has 4 rings (SSSR count). The molecule has 134 valence electrons. The largest absolute Gasteiger partial charge is 0.478 e. The fourth-order valence-electron chi connectivity index (χ4n) is 3.02. The van der Waals surface area contributed by atoms with Crippen molar-refractivity contribution in [1.82, 2.24) is 4.98 Å². The van der Waals surface area contributed by atoms with Crippen LogP contribution in [0.25, 0.3) is 21.3 Å². The number of benzene rings is 3. The summed E-state index contributed by atoms with van der Waals surface area (Å²) >= 11 is 1.32. The van der Waals surface area contributed by atoms with Crippen molar-refractivity contribution in [3.63, 3.8) is 0 Å². The summed E-state index contributed by atoms with van der Waals surface area (Å²) in [5.74, 6) is -1.30. The second-order valence-corrected chi connectivity index (χ2v) is 7.12. The van der Waals surface area contributed by atoms with E-state index in [4.69, 9.17) is 0 Å². The van der Waals surface area contributed by atoms with Crippen LogP contribution in [0.3, 0.4) is 0 Å². The number of halogens is 1. The first-order chi connectivity index (χ1) is 13.0. The zero-order valence-electron chi connectivity index (χ0n) is 14.4. The molecule has 3 aromatic carbocycles. The van der Waals surface area contributed by atoms with E-state index < -0.39 is 5.97 Å². The molecule has 0 fully saturated rings. The molecule has 27 heavy (non-hydrogen) atoms. The molecule has 0 aliphatic carbocycles. The summed E-state index contributed by atoms with van der Waals surface area (Å²) < 4.78 is 14.2. The lowest BCUT2D eigenvalue weighted by atomic mass is 9.97. The van der Waals surface area contributed by atoms with Crippen LogP contribution in [0.5, 0.6) is 0 Å². The minimum atomic E-state index is -0.985. The van der Waals surface area contributed by atoms with E-state index in [0.29, 0.717) is 21.9 Å². The number of hydrogen-bond acceptors (Lipinski definition) is 4.